The molecular weight excluding hydrogens is 316 g/mol. The summed E-state index contributed by atoms with van der Waals surface area (Å²) < 4.78 is 26.4. The van der Waals surface area contributed by atoms with Gasteiger partial charge in [0.05, 0.1) is 18.0 Å². The van der Waals surface area contributed by atoms with Crippen LogP contribution in [-0.4, -0.2) is 42.4 Å². The number of sulfonamides is 1. The minimum Gasteiger partial charge on any atom is -0.349 e. The highest BCUT2D eigenvalue weighted by molar-refractivity contribution is 7.88. The Morgan fingerprint density at radius 3 is 2.57 bits per heavy atom. The van der Waals surface area contributed by atoms with Crippen molar-refractivity contribution < 1.29 is 13.2 Å². The van der Waals surface area contributed by atoms with Crippen molar-refractivity contribution in [2.24, 2.45) is 17.8 Å². The maximum Gasteiger partial charge on any atom is 0.254 e. The first-order chi connectivity index (χ1) is 10.8. The van der Waals surface area contributed by atoms with E-state index < -0.39 is 10.0 Å². The van der Waals surface area contributed by atoms with E-state index in [1.165, 1.54) is 12.5 Å². The third kappa shape index (κ3) is 2.78. The third-order valence-corrected chi connectivity index (χ3v) is 6.54. The zero-order valence-corrected chi connectivity index (χ0v) is 13.9. The molecule has 0 spiro atoms. The summed E-state index contributed by atoms with van der Waals surface area (Å²) in [5, 5.41) is 9.64. The summed E-state index contributed by atoms with van der Waals surface area (Å²) in [4.78, 5) is 12.3. The van der Waals surface area contributed by atoms with Crippen LogP contribution in [0.3, 0.4) is 0 Å². The van der Waals surface area contributed by atoms with Gasteiger partial charge in [-0.1, -0.05) is 0 Å². The number of hydrogen-bond donors (Lipinski definition) is 3. The second-order valence-electron chi connectivity index (χ2n) is 7.61. The molecular formula is C15H22N4O3S. The van der Waals surface area contributed by atoms with Gasteiger partial charge in [-0.2, -0.15) is 5.10 Å². The molecule has 3 N–H and O–H groups in total. The molecule has 126 valence electrons. The Balaban J connectivity index is 1.52. The Morgan fingerprint density at radius 1 is 1.30 bits per heavy atom. The molecule has 1 aromatic heterocycles. The summed E-state index contributed by atoms with van der Waals surface area (Å²) in [7, 11) is -3.21. The van der Waals surface area contributed by atoms with Gasteiger partial charge in [-0.15, -0.1) is 0 Å². The highest BCUT2D eigenvalue weighted by Crippen LogP contribution is 2.55. The predicted molar refractivity (Wildman–Crippen MR) is 84.1 cm³/mol. The number of carbonyl (C=O) groups excluding carboxylic acids is 1. The topological polar surface area (TPSA) is 104 Å². The van der Waals surface area contributed by atoms with Crippen molar-refractivity contribution in [2.75, 3.05) is 6.26 Å². The van der Waals surface area contributed by atoms with Crippen LogP contribution >= 0.6 is 0 Å². The smallest absolute Gasteiger partial charge is 0.254 e. The van der Waals surface area contributed by atoms with Gasteiger partial charge >= 0.3 is 0 Å². The minimum atomic E-state index is -3.21. The molecule has 4 aliphatic carbocycles. The Bertz CT molecular complexity index is 699. The molecule has 0 aromatic carbocycles. The molecule has 4 aliphatic rings. The lowest BCUT2D eigenvalue weighted by molar-refractivity contribution is -0.0347. The number of rotatable bonds is 4. The maximum absolute atomic E-state index is 12.3. The van der Waals surface area contributed by atoms with Crippen LogP contribution in [0.1, 0.15) is 42.5 Å². The van der Waals surface area contributed by atoms with Crippen molar-refractivity contribution in [1.82, 2.24) is 20.2 Å². The van der Waals surface area contributed by atoms with Gasteiger partial charge in [0.1, 0.15) is 0 Å². The molecule has 2 atom stereocenters. The molecule has 2 unspecified atom stereocenters. The first kappa shape index (κ1) is 15.1. The van der Waals surface area contributed by atoms with E-state index in [9.17, 15) is 13.2 Å². The fourth-order valence-electron chi connectivity index (χ4n) is 5.39. The third-order valence-electron chi connectivity index (χ3n) is 5.73. The second-order valence-corrected chi connectivity index (χ2v) is 9.36. The first-order valence-corrected chi connectivity index (χ1v) is 10.0. The summed E-state index contributed by atoms with van der Waals surface area (Å²) in [5.74, 6) is 1.18. The van der Waals surface area contributed by atoms with Crippen LogP contribution in [0.5, 0.6) is 0 Å². The van der Waals surface area contributed by atoms with Gasteiger partial charge in [0.25, 0.3) is 5.91 Å². The number of aromatic amines is 1. The lowest BCUT2D eigenvalue weighted by Gasteiger charge is -2.59. The van der Waals surface area contributed by atoms with E-state index in [4.69, 9.17) is 0 Å². The average molecular weight is 338 g/mol. The number of amides is 1. The molecule has 4 saturated carbocycles. The number of H-pyrrole nitrogens is 1. The summed E-state index contributed by atoms with van der Waals surface area (Å²) in [5.41, 5.74) is 0.254. The van der Waals surface area contributed by atoms with E-state index in [2.05, 4.69) is 20.2 Å². The van der Waals surface area contributed by atoms with E-state index in [1.807, 2.05) is 0 Å². The Hall–Kier alpha value is -1.41. The van der Waals surface area contributed by atoms with Crippen molar-refractivity contribution in [2.45, 2.75) is 43.7 Å². The number of nitrogens with one attached hydrogen (secondary N) is 3. The molecule has 7 nitrogen and oxygen atoms in total. The largest absolute Gasteiger partial charge is 0.349 e. The van der Waals surface area contributed by atoms with Gasteiger partial charge in [-0.3, -0.25) is 9.89 Å². The quantitative estimate of drug-likeness (QED) is 0.749. The molecule has 1 aromatic rings. The van der Waals surface area contributed by atoms with E-state index in [0.29, 0.717) is 23.3 Å². The molecule has 8 heteroatoms. The van der Waals surface area contributed by atoms with Crippen molar-refractivity contribution >= 4 is 15.9 Å². The van der Waals surface area contributed by atoms with Crippen LogP contribution < -0.4 is 10.0 Å². The number of nitrogens with zero attached hydrogens (tertiary/aromatic N) is 1. The second kappa shape index (κ2) is 5.04. The zero-order chi connectivity index (χ0) is 16.2. The molecule has 23 heavy (non-hydrogen) atoms. The maximum atomic E-state index is 12.3. The van der Waals surface area contributed by atoms with Crippen LogP contribution in [0, 0.1) is 17.8 Å². The van der Waals surface area contributed by atoms with Crippen LogP contribution in [-0.2, 0) is 10.0 Å². The summed E-state index contributed by atoms with van der Waals surface area (Å²) in [6.45, 7) is 0. The molecule has 0 aliphatic heterocycles. The molecule has 0 saturated heterocycles. The number of hydrogen-bond acceptors (Lipinski definition) is 4. The Morgan fingerprint density at radius 2 is 2.00 bits per heavy atom. The monoisotopic (exact) mass is 338 g/mol. The van der Waals surface area contributed by atoms with Crippen LogP contribution in [0.4, 0.5) is 0 Å². The van der Waals surface area contributed by atoms with Crippen molar-refractivity contribution in [1.29, 1.82) is 0 Å². The van der Waals surface area contributed by atoms with Gasteiger partial charge in [0.15, 0.2) is 0 Å². The predicted octanol–water partition coefficient (Wildman–Crippen LogP) is 0.636. The SMILES string of the molecule is CS(=O)(=O)NC12CC3CC(C1)C(NC(=O)c1cn[nH]c1)C(C3)C2. The van der Waals surface area contributed by atoms with E-state index in [1.54, 1.807) is 6.20 Å². The van der Waals surface area contributed by atoms with E-state index in [-0.39, 0.29) is 17.5 Å². The van der Waals surface area contributed by atoms with Gasteiger partial charge < -0.3 is 5.32 Å². The fourth-order valence-corrected chi connectivity index (χ4v) is 6.42. The van der Waals surface area contributed by atoms with Crippen molar-refractivity contribution in [3.05, 3.63) is 18.0 Å². The Kier molecular flexibility index (Phi) is 3.32. The Labute approximate surface area is 135 Å². The van der Waals surface area contributed by atoms with Crippen LogP contribution in [0.25, 0.3) is 0 Å². The molecule has 4 bridgehead atoms. The van der Waals surface area contributed by atoms with E-state index >= 15 is 0 Å². The highest BCUT2D eigenvalue weighted by atomic mass is 32.2. The van der Waals surface area contributed by atoms with Crippen LogP contribution in [0.15, 0.2) is 12.4 Å². The van der Waals surface area contributed by atoms with Gasteiger partial charge in [-0.05, 0) is 49.9 Å². The van der Waals surface area contributed by atoms with Crippen LogP contribution in [0.2, 0.25) is 0 Å². The van der Waals surface area contributed by atoms with Gasteiger partial charge in [0, 0.05) is 17.8 Å². The summed E-state index contributed by atoms with van der Waals surface area (Å²) >= 11 is 0. The highest BCUT2D eigenvalue weighted by Gasteiger charge is 2.56. The van der Waals surface area contributed by atoms with Crippen molar-refractivity contribution in [3.8, 4) is 0 Å². The molecule has 1 amide bonds. The molecule has 1 heterocycles. The summed E-state index contributed by atoms with van der Waals surface area (Å²) in [6.07, 6.45) is 9.11. The molecule has 5 rings (SSSR count). The molecule has 4 fully saturated rings. The first-order valence-electron chi connectivity index (χ1n) is 8.12. The normalized spacial score (nSPS) is 38.7. The minimum absolute atomic E-state index is 0.0960. The van der Waals surface area contributed by atoms with E-state index in [0.717, 1.165) is 32.1 Å². The number of aromatic nitrogens is 2. The lowest BCUT2D eigenvalue weighted by atomic mass is 9.51. The van der Waals surface area contributed by atoms with Gasteiger partial charge in [0.2, 0.25) is 10.0 Å². The standard InChI is InChI=1S/C15H22N4O3S/c1-23(21,22)19-15-4-9-2-10(5-15)13(11(3-9)6-15)18-14(20)12-7-16-17-8-12/h7-11,13,19H,2-6H2,1H3,(H,16,17)(H,18,20). The lowest BCUT2D eigenvalue weighted by Crippen LogP contribution is -2.66. The summed E-state index contributed by atoms with van der Waals surface area (Å²) in [6, 6.07) is 0.142. The average Bonchev–Trinajstić information content (AvgIpc) is 2.93. The van der Waals surface area contributed by atoms with Gasteiger partial charge in [-0.25, -0.2) is 13.1 Å². The fraction of sp³-hybridized carbons (Fsp3) is 0.733. The molecule has 0 radical (unpaired) electrons. The zero-order valence-electron chi connectivity index (χ0n) is 13.1. The van der Waals surface area contributed by atoms with Crippen molar-refractivity contribution in [3.63, 3.8) is 0 Å². The number of carbonyl (C=O) groups is 1.